The first-order valence-electron chi connectivity index (χ1n) is 6.93. The molecule has 0 bridgehead atoms. The fraction of sp³-hybridized carbons (Fsp3) is 0.167. The predicted molar refractivity (Wildman–Crippen MR) is 83.7 cm³/mol. The molecule has 0 fully saturated rings. The van der Waals surface area contributed by atoms with E-state index in [-0.39, 0.29) is 6.04 Å². The Kier molecular flexibility index (Phi) is 3.75. The summed E-state index contributed by atoms with van der Waals surface area (Å²) in [5.74, 6) is 0. The lowest BCUT2D eigenvalue weighted by Gasteiger charge is -2.18. The van der Waals surface area contributed by atoms with Crippen LogP contribution in [0.4, 0.5) is 0 Å². The van der Waals surface area contributed by atoms with Crippen LogP contribution in [0.5, 0.6) is 0 Å². The number of pyridine rings is 1. The predicted octanol–water partition coefficient (Wildman–Crippen LogP) is 3.74. The minimum Gasteiger partial charge on any atom is -0.313 e. The molecule has 1 aromatic heterocycles. The molecule has 1 heterocycles. The lowest BCUT2D eigenvalue weighted by atomic mass is 9.96. The minimum atomic E-state index is 0.274. The quantitative estimate of drug-likeness (QED) is 0.774. The third kappa shape index (κ3) is 2.56. The second kappa shape index (κ2) is 5.85. The third-order valence-electron chi connectivity index (χ3n) is 3.69. The van der Waals surface area contributed by atoms with Crippen LogP contribution in [-0.2, 0) is 6.42 Å². The maximum absolute atomic E-state index is 4.43. The topological polar surface area (TPSA) is 24.9 Å². The monoisotopic (exact) mass is 262 g/mol. The van der Waals surface area contributed by atoms with Gasteiger partial charge in [0.2, 0.25) is 0 Å². The molecule has 100 valence electrons. The van der Waals surface area contributed by atoms with Crippen LogP contribution in [0.2, 0.25) is 0 Å². The van der Waals surface area contributed by atoms with Gasteiger partial charge in [0.15, 0.2) is 0 Å². The number of rotatable bonds is 4. The highest BCUT2D eigenvalue weighted by Gasteiger charge is 2.13. The van der Waals surface area contributed by atoms with Crippen LogP contribution in [-0.4, -0.2) is 12.0 Å². The Labute approximate surface area is 119 Å². The Morgan fingerprint density at radius 2 is 1.75 bits per heavy atom. The van der Waals surface area contributed by atoms with E-state index in [9.17, 15) is 0 Å². The second-order valence-electron chi connectivity index (χ2n) is 4.93. The zero-order valence-corrected chi connectivity index (χ0v) is 11.6. The van der Waals surface area contributed by atoms with Crippen molar-refractivity contribution < 1.29 is 0 Å². The Morgan fingerprint density at radius 3 is 2.55 bits per heavy atom. The van der Waals surface area contributed by atoms with Gasteiger partial charge in [-0.3, -0.25) is 4.98 Å². The summed E-state index contributed by atoms with van der Waals surface area (Å²) in [7, 11) is 2.01. The minimum absolute atomic E-state index is 0.274. The van der Waals surface area contributed by atoms with Gasteiger partial charge in [0.05, 0.1) is 0 Å². The molecule has 0 saturated heterocycles. The molecule has 2 nitrogen and oxygen atoms in total. The molecule has 1 N–H and O–H groups in total. The molecule has 1 unspecified atom stereocenters. The molecule has 3 aromatic rings. The van der Waals surface area contributed by atoms with Crippen LogP contribution in [0.25, 0.3) is 10.8 Å². The van der Waals surface area contributed by atoms with E-state index >= 15 is 0 Å². The lowest BCUT2D eigenvalue weighted by molar-refractivity contribution is 0.588. The number of fused-ring (bicyclic) bond motifs is 1. The zero-order chi connectivity index (χ0) is 13.8. The average Bonchev–Trinajstić information content (AvgIpc) is 2.53. The molecule has 0 radical (unpaired) electrons. The molecule has 0 amide bonds. The fourth-order valence-electron chi connectivity index (χ4n) is 2.65. The highest BCUT2D eigenvalue weighted by molar-refractivity contribution is 5.86. The van der Waals surface area contributed by atoms with Crippen LogP contribution in [0.3, 0.4) is 0 Å². The van der Waals surface area contributed by atoms with Crippen molar-refractivity contribution in [1.29, 1.82) is 0 Å². The van der Waals surface area contributed by atoms with Gasteiger partial charge in [-0.25, -0.2) is 0 Å². The first kappa shape index (κ1) is 12.8. The van der Waals surface area contributed by atoms with Gasteiger partial charge < -0.3 is 5.32 Å². The van der Waals surface area contributed by atoms with E-state index in [4.69, 9.17) is 0 Å². The van der Waals surface area contributed by atoms with E-state index in [1.54, 1.807) is 0 Å². The largest absolute Gasteiger partial charge is 0.313 e. The van der Waals surface area contributed by atoms with E-state index in [1.807, 2.05) is 25.4 Å². The molecule has 0 saturated carbocycles. The highest BCUT2D eigenvalue weighted by atomic mass is 14.9. The number of nitrogens with zero attached hydrogens (tertiary/aromatic N) is 1. The third-order valence-corrected chi connectivity index (χ3v) is 3.69. The Bertz CT molecular complexity index is 687. The van der Waals surface area contributed by atoms with Gasteiger partial charge in [-0.1, -0.05) is 48.5 Å². The van der Waals surface area contributed by atoms with Crippen molar-refractivity contribution >= 4 is 10.8 Å². The Hall–Kier alpha value is -2.19. The first-order chi connectivity index (χ1) is 9.88. The maximum atomic E-state index is 4.43. The van der Waals surface area contributed by atoms with Crippen LogP contribution in [0.15, 0.2) is 66.9 Å². The van der Waals surface area contributed by atoms with Gasteiger partial charge in [-0.05, 0) is 35.5 Å². The van der Waals surface area contributed by atoms with Crippen LogP contribution in [0, 0.1) is 0 Å². The summed E-state index contributed by atoms with van der Waals surface area (Å²) in [5, 5.41) is 6.01. The Balaban J connectivity index is 1.99. The van der Waals surface area contributed by atoms with Crippen molar-refractivity contribution in [2.75, 3.05) is 7.05 Å². The van der Waals surface area contributed by atoms with E-state index in [2.05, 4.69) is 58.8 Å². The molecule has 1 atom stereocenters. The summed E-state index contributed by atoms with van der Waals surface area (Å²) >= 11 is 0. The molecule has 0 spiro atoms. The van der Waals surface area contributed by atoms with Gasteiger partial charge in [0.25, 0.3) is 0 Å². The molecule has 20 heavy (non-hydrogen) atoms. The van der Waals surface area contributed by atoms with Crippen molar-refractivity contribution in [2.45, 2.75) is 12.5 Å². The molecule has 0 aliphatic heterocycles. The number of likely N-dealkylation sites (N-methyl/N-ethyl adjacent to an activating group) is 1. The van der Waals surface area contributed by atoms with Crippen LogP contribution >= 0.6 is 0 Å². The number of aromatic nitrogens is 1. The van der Waals surface area contributed by atoms with Crippen molar-refractivity contribution in [3.8, 4) is 0 Å². The normalized spacial score (nSPS) is 12.4. The van der Waals surface area contributed by atoms with Gasteiger partial charge in [-0.15, -0.1) is 0 Å². The van der Waals surface area contributed by atoms with Crippen LogP contribution < -0.4 is 5.32 Å². The SMILES string of the molecule is CNC(Cc1ccccn1)c1cccc2ccccc12. The summed E-state index contributed by atoms with van der Waals surface area (Å²) in [6.45, 7) is 0. The maximum Gasteiger partial charge on any atom is 0.0422 e. The molecular weight excluding hydrogens is 244 g/mol. The summed E-state index contributed by atoms with van der Waals surface area (Å²) in [4.78, 5) is 4.43. The van der Waals surface area contributed by atoms with Crippen molar-refractivity contribution in [1.82, 2.24) is 10.3 Å². The van der Waals surface area contributed by atoms with E-state index in [0.717, 1.165) is 12.1 Å². The number of nitrogens with one attached hydrogen (secondary N) is 1. The smallest absolute Gasteiger partial charge is 0.0422 e. The van der Waals surface area contributed by atoms with E-state index in [1.165, 1.54) is 16.3 Å². The van der Waals surface area contributed by atoms with Crippen LogP contribution in [0.1, 0.15) is 17.3 Å². The van der Waals surface area contributed by atoms with Crippen molar-refractivity contribution in [3.63, 3.8) is 0 Å². The first-order valence-corrected chi connectivity index (χ1v) is 6.93. The van der Waals surface area contributed by atoms with E-state index < -0.39 is 0 Å². The summed E-state index contributed by atoms with van der Waals surface area (Å²) in [6.07, 6.45) is 2.75. The molecular formula is C18H18N2. The number of hydrogen-bond donors (Lipinski definition) is 1. The summed E-state index contributed by atoms with van der Waals surface area (Å²) in [5.41, 5.74) is 2.44. The lowest BCUT2D eigenvalue weighted by Crippen LogP contribution is -2.19. The Morgan fingerprint density at radius 1 is 0.950 bits per heavy atom. The molecule has 3 rings (SSSR count). The summed E-state index contributed by atoms with van der Waals surface area (Å²) in [6, 6.07) is 21.4. The van der Waals surface area contributed by atoms with Crippen molar-refractivity contribution in [3.05, 3.63) is 78.1 Å². The van der Waals surface area contributed by atoms with E-state index in [0.29, 0.717) is 0 Å². The van der Waals surface area contributed by atoms with Gasteiger partial charge in [0, 0.05) is 24.4 Å². The van der Waals surface area contributed by atoms with Gasteiger partial charge in [0.1, 0.15) is 0 Å². The van der Waals surface area contributed by atoms with Gasteiger partial charge >= 0.3 is 0 Å². The summed E-state index contributed by atoms with van der Waals surface area (Å²) < 4.78 is 0. The number of hydrogen-bond acceptors (Lipinski definition) is 2. The molecule has 0 aliphatic carbocycles. The van der Waals surface area contributed by atoms with Gasteiger partial charge in [-0.2, -0.15) is 0 Å². The standard InChI is InChI=1S/C18H18N2/c1-19-18(13-15-9-4-5-12-20-15)17-11-6-8-14-7-2-3-10-16(14)17/h2-12,18-19H,13H2,1H3. The molecule has 2 heteroatoms. The average molecular weight is 262 g/mol. The number of benzene rings is 2. The fourth-order valence-corrected chi connectivity index (χ4v) is 2.65. The zero-order valence-electron chi connectivity index (χ0n) is 11.6. The molecule has 2 aromatic carbocycles. The highest BCUT2D eigenvalue weighted by Crippen LogP contribution is 2.26. The second-order valence-corrected chi connectivity index (χ2v) is 4.93. The molecule has 0 aliphatic rings. The van der Waals surface area contributed by atoms with Crippen molar-refractivity contribution in [2.24, 2.45) is 0 Å².